The number of carboxylic acids is 1. The zero-order valence-electron chi connectivity index (χ0n) is 15.7. The molecule has 2 aromatic rings. The first-order valence-corrected chi connectivity index (χ1v) is 8.98. The smallest absolute Gasteiger partial charge is 0.490 e. The van der Waals surface area contributed by atoms with Gasteiger partial charge in [0.15, 0.2) is 0 Å². The number of nitrogens with one attached hydrogen (secondary N) is 2. The first-order valence-electron chi connectivity index (χ1n) is 8.98. The van der Waals surface area contributed by atoms with E-state index in [4.69, 9.17) is 19.8 Å². The Morgan fingerprint density at radius 1 is 1.07 bits per heavy atom. The molecule has 0 saturated heterocycles. The van der Waals surface area contributed by atoms with Crippen LogP contribution < -0.4 is 15.5 Å². The van der Waals surface area contributed by atoms with E-state index in [1.54, 1.807) is 29.7 Å². The molecule has 1 aliphatic rings. The van der Waals surface area contributed by atoms with Crippen molar-refractivity contribution >= 4 is 11.9 Å². The third-order valence-corrected chi connectivity index (χ3v) is 4.26. The Balaban J connectivity index is 0.000000396. The van der Waals surface area contributed by atoms with E-state index < -0.39 is 18.1 Å². The van der Waals surface area contributed by atoms with Gasteiger partial charge in [0.05, 0.1) is 0 Å². The van der Waals surface area contributed by atoms with Crippen LogP contribution in [0.3, 0.4) is 0 Å². The van der Waals surface area contributed by atoms with Crippen LogP contribution in [0.4, 0.5) is 13.2 Å². The summed E-state index contributed by atoms with van der Waals surface area (Å²) in [6, 6.07) is 17.7. The van der Waals surface area contributed by atoms with Crippen molar-refractivity contribution in [1.82, 2.24) is 10.8 Å². The summed E-state index contributed by atoms with van der Waals surface area (Å²) in [6.45, 7) is 1.36. The van der Waals surface area contributed by atoms with Crippen LogP contribution in [0, 0.1) is 0 Å². The van der Waals surface area contributed by atoms with Crippen LogP contribution in [-0.2, 0) is 4.79 Å². The highest BCUT2D eigenvalue weighted by Gasteiger charge is 2.38. The van der Waals surface area contributed by atoms with E-state index >= 15 is 0 Å². The average Bonchev–Trinajstić information content (AvgIpc) is 3.51. The summed E-state index contributed by atoms with van der Waals surface area (Å²) >= 11 is 0. The van der Waals surface area contributed by atoms with Crippen LogP contribution in [0.1, 0.15) is 28.3 Å². The normalized spacial score (nSPS) is 17.3. The van der Waals surface area contributed by atoms with E-state index in [-0.39, 0.29) is 0 Å². The standard InChI is InChI=1S/C18H20N2O3.C2HF3O2/c21-18(20-22)14-6-8-15(9-7-14)23-11-10-19-17-12-16(17)13-4-2-1-3-5-13;3-2(4,5)1(6)7/h1-9,16-17,19,22H,10-12H2,(H,20,21);(H,6,7). The van der Waals surface area contributed by atoms with E-state index in [1.807, 2.05) is 6.07 Å². The molecule has 7 nitrogen and oxygen atoms in total. The van der Waals surface area contributed by atoms with Crippen LogP contribution in [0.2, 0.25) is 0 Å². The number of aliphatic carboxylic acids is 1. The number of hydrogen-bond acceptors (Lipinski definition) is 5. The van der Waals surface area contributed by atoms with Crippen LogP contribution in [0.15, 0.2) is 54.6 Å². The van der Waals surface area contributed by atoms with Crippen molar-refractivity contribution in [2.45, 2.75) is 24.6 Å². The molecule has 0 spiro atoms. The molecule has 10 heteroatoms. The number of halogens is 3. The zero-order valence-corrected chi connectivity index (χ0v) is 15.7. The minimum Gasteiger partial charge on any atom is -0.492 e. The molecular weight excluding hydrogens is 405 g/mol. The van der Waals surface area contributed by atoms with Crippen molar-refractivity contribution < 1.29 is 37.8 Å². The number of hydroxylamine groups is 1. The summed E-state index contributed by atoms with van der Waals surface area (Å²) in [5.74, 6) is -1.96. The predicted octanol–water partition coefficient (Wildman–Crippen LogP) is 2.96. The van der Waals surface area contributed by atoms with Crippen molar-refractivity contribution in [3.8, 4) is 5.75 Å². The number of alkyl halides is 3. The summed E-state index contributed by atoms with van der Waals surface area (Å²) in [5.41, 5.74) is 3.38. The third-order valence-electron chi connectivity index (χ3n) is 4.26. The monoisotopic (exact) mass is 426 g/mol. The van der Waals surface area contributed by atoms with Gasteiger partial charge in [0.25, 0.3) is 5.91 Å². The molecule has 0 aliphatic heterocycles. The molecule has 0 heterocycles. The summed E-state index contributed by atoms with van der Waals surface area (Å²) in [4.78, 5) is 20.1. The van der Waals surface area contributed by atoms with E-state index in [1.165, 1.54) is 12.0 Å². The number of carbonyl (C=O) groups excluding carboxylic acids is 1. The minimum absolute atomic E-state index is 0.390. The van der Waals surface area contributed by atoms with Gasteiger partial charge < -0.3 is 15.2 Å². The Morgan fingerprint density at radius 2 is 1.67 bits per heavy atom. The average molecular weight is 426 g/mol. The van der Waals surface area contributed by atoms with Crippen molar-refractivity contribution in [2.75, 3.05) is 13.2 Å². The third kappa shape index (κ3) is 7.37. The molecule has 1 fully saturated rings. The quantitative estimate of drug-likeness (QED) is 0.308. The van der Waals surface area contributed by atoms with E-state index in [2.05, 4.69) is 29.6 Å². The highest BCUT2D eigenvalue weighted by atomic mass is 19.4. The summed E-state index contributed by atoms with van der Waals surface area (Å²) in [6.07, 6.45) is -3.91. The lowest BCUT2D eigenvalue weighted by Gasteiger charge is -2.08. The molecule has 0 radical (unpaired) electrons. The molecule has 1 aliphatic carbocycles. The summed E-state index contributed by atoms with van der Waals surface area (Å²) in [5, 5.41) is 19.2. The van der Waals surface area contributed by atoms with Crippen molar-refractivity contribution in [1.29, 1.82) is 0 Å². The number of amides is 1. The highest BCUT2D eigenvalue weighted by molar-refractivity contribution is 5.93. The van der Waals surface area contributed by atoms with Gasteiger partial charge in [-0.3, -0.25) is 10.0 Å². The maximum absolute atomic E-state index is 11.2. The second-order valence-corrected chi connectivity index (χ2v) is 6.43. The predicted molar refractivity (Wildman–Crippen MR) is 100 cm³/mol. The first-order chi connectivity index (χ1) is 14.2. The lowest BCUT2D eigenvalue weighted by atomic mass is 10.1. The number of rotatable bonds is 7. The molecule has 162 valence electrons. The molecule has 0 aromatic heterocycles. The molecule has 3 rings (SSSR count). The molecule has 2 atom stereocenters. The molecule has 2 unspecified atom stereocenters. The SMILES string of the molecule is O=C(NO)c1ccc(OCCNC2CC2c2ccccc2)cc1.O=C(O)C(F)(F)F. The topological polar surface area (TPSA) is 108 Å². The molecule has 1 saturated carbocycles. The first kappa shape index (κ1) is 23.2. The van der Waals surface area contributed by atoms with Crippen LogP contribution in [0.25, 0.3) is 0 Å². The van der Waals surface area contributed by atoms with Gasteiger partial charge in [-0.05, 0) is 36.2 Å². The second kappa shape index (κ2) is 10.6. The zero-order chi connectivity index (χ0) is 22.1. The fourth-order valence-electron chi connectivity index (χ4n) is 2.67. The summed E-state index contributed by atoms with van der Waals surface area (Å²) in [7, 11) is 0. The largest absolute Gasteiger partial charge is 0.492 e. The highest BCUT2D eigenvalue weighted by Crippen LogP contribution is 2.40. The maximum atomic E-state index is 11.2. The Bertz CT molecular complexity index is 829. The fraction of sp³-hybridized carbons (Fsp3) is 0.300. The molecule has 2 aromatic carbocycles. The molecule has 4 N–H and O–H groups in total. The van der Waals surface area contributed by atoms with Gasteiger partial charge in [-0.2, -0.15) is 13.2 Å². The van der Waals surface area contributed by atoms with Crippen LogP contribution in [-0.4, -0.2) is 47.6 Å². The van der Waals surface area contributed by atoms with E-state index in [0.717, 1.165) is 6.54 Å². The van der Waals surface area contributed by atoms with Crippen molar-refractivity contribution in [3.05, 3.63) is 65.7 Å². The fourth-order valence-corrected chi connectivity index (χ4v) is 2.67. The van der Waals surface area contributed by atoms with E-state index in [0.29, 0.717) is 29.9 Å². The van der Waals surface area contributed by atoms with Gasteiger partial charge in [0, 0.05) is 24.1 Å². The number of carbonyl (C=O) groups is 2. The van der Waals surface area contributed by atoms with Crippen LogP contribution >= 0.6 is 0 Å². The molecular formula is C20H21F3N2O5. The van der Waals surface area contributed by atoms with Gasteiger partial charge in [-0.1, -0.05) is 30.3 Å². The van der Waals surface area contributed by atoms with Gasteiger partial charge in [0.1, 0.15) is 12.4 Å². The van der Waals surface area contributed by atoms with Crippen molar-refractivity contribution in [2.24, 2.45) is 0 Å². The Labute approximate surface area is 170 Å². The number of ether oxygens (including phenoxy) is 1. The Kier molecular flexibility index (Phi) is 8.19. The minimum atomic E-state index is -5.08. The second-order valence-electron chi connectivity index (χ2n) is 6.43. The lowest BCUT2D eigenvalue weighted by molar-refractivity contribution is -0.192. The van der Waals surface area contributed by atoms with Gasteiger partial charge in [-0.15, -0.1) is 0 Å². The Hall–Kier alpha value is -3.11. The van der Waals surface area contributed by atoms with Gasteiger partial charge in [0.2, 0.25) is 0 Å². The van der Waals surface area contributed by atoms with Gasteiger partial charge >= 0.3 is 12.1 Å². The molecule has 1 amide bonds. The molecule has 0 bridgehead atoms. The van der Waals surface area contributed by atoms with Gasteiger partial charge in [-0.25, -0.2) is 10.3 Å². The lowest BCUT2D eigenvalue weighted by Crippen LogP contribution is -2.24. The van der Waals surface area contributed by atoms with Crippen LogP contribution in [0.5, 0.6) is 5.75 Å². The Morgan fingerprint density at radius 3 is 2.20 bits per heavy atom. The molecule has 30 heavy (non-hydrogen) atoms. The number of carboxylic acid groups (broad SMARTS) is 1. The number of hydrogen-bond donors (Lipinski definition) is 4. The summed E-state index contributed by atoms with van der Waals surface area (Å²) < 4.78 is 37.4. The van der Waals surface area contributed by atoms with E-state index in [9.17, 15) is 18.0 Å². The van der Waals surface area contributed by atoms with Crippen molar-refractivity contribution in [3.63, 3.8) is 0 Å². The number of benzene rings is 2. The maximum Gasteiger partial charge on any atom is 0.490 e.